The minimum absolute atomic E-state index is 0.181. The second-order valence-corrected chi connectivity index (χ2v) is 4.58. The van der Waals surface area contributed by atoms with Gasteiger partial charge in [-0.2, -0.15) is 0 Å². The monoisotopic (exact) mass is 285 g/mol. The highest BCUT2D eigenvalue weighted by Crippen LogP contribution is 2.12. The highest BCUT2D eigenvalue weighted by molar-refractivity contribution is 5.97. The predicted octanol–water partition coefficient (Wildman–Crippen LogP) is 0.342. The number of benzene rings is 1. The summed E-state index contributed by atoms with van der Waals surface area (Å²) >= 11 is 0. The van der Waals surface area contributed by atoms with Crippen molar-refractivity contribution < 1.29 is 9.59 Å². The minimum atomic E-state index is -0.942. The van der Waals surface area contributed by atoms with Crippen molar-refractivity contribution in [2.75, 3.05) is 0 Å². The Labute approximate surface area is 121 Å². The molecule has 2 rings (SSSR count). The second-order valence-electron chi connectivity index (χ2n) is 4.58. The van der Waals surface area contributed by atoms with Crippen LogP contribution in [-0.4, -0.2) is 16.4 Å². The Morgan fingerprint density at radius 1 is 1.19 bits per heavy atom. The van der Waals surface area contributed by atoms with Crippen LogP contribution in [0.2, 0.25) is 0 Å². The molecule has 0 aliphatic heterocycles. The van der Waals surface area contributed by atoms with E-state index in [1.54, 1.807) is 37.4 Å². The van der Waals surface area contributed by atoms with Gasteiger partial charge in [0.1, 0.15) is 6.04 Å². The molecule has 2 amide bonds. The number of nitrogens with one attached hydrogen (secondary N) is 1. The number of amides is 2. The molecule has 108 valence electrons. The number of rotatable bonds is 4. The summed E-state index contributed by atoms with van der Waals surface area (Å²) < 4.78 is 1.35. The molecular formula is C15H15N3O3. The van der Waals surface area contributed by atoms with E-state index in [0.29, 0.717) is 5.56 Å². The van der Waals surface area contributed by atoms with Crippen LogP contribution in [0.1, 0.15) is 22.0 Å². The molecule has 1 unspecified atom stereocenters. The Morgan fingerprint density at radius 3 is 2.43 bits per heavy atom. The Hall–Kier alpha value is -2.89. The van der Waals surface area contributed by atoms with Crippen molar-refractivity contribution in [2.24, 2.45) is 12.8 Å². The Balaban J connectivity index is 2.25. The first-order valence-electron chi connectivity index (χ1n) is 6.31. The van der Waals surface area contributed by atoms with Crippen molar-refractivity contribution in [1.82, 2.24) is 9.88 Å². The molecule has 0 bridgehead atoms. The first kappa shape index (κ1) is 14.5. The minimum Gasteiger partial charge on any atom is -0.368 e. The summed E-state index contributed by atoms with van der Waals surface area (Å²) in [5.74, 6) is -1.20. The summed E-state index contributed by atoms with van der Waals surface area (Å²) in [6.07, 6.45) is 1.49. The Kier molecular flexibility index (Phi) is 4.18. The second kappa shape index (κ2) is 6.04. The molecular weight excluding hydrogens is 270 g/mol. The third-order valence-electron chi connectivity index (χ3n) is 3.06. The Morgan fingerprint density at radius 2 is 1.86 bits per heavy atom. The van der Waals surface area contributed by atoms with Crippen LogP contribution in [0.3, 0.4) is 0 Å². The van der Waals surface area contributed by atoms with Crippen LogP contribution in [0, 0.1) is 0 Å². The van der Waals surface area contributed by atoms with Crippen LogP contribution in [0.4, 0.5) is 0 Å². The maximum Gasteiger partial charge on any atom is 0.252 e. The summed E-state index contributed by atoms with van der Waals surface area (Å²) in [6.45, 7) is 0. The average Bonchev–Trinajstić information content (AvgIpc) is 2.48. The SMILES string of the molecule is Cn1ccc(C(=O)NC(C(N)=O)c2ccccc2)cc1=O. The van der Waals surface area contributed by atoms with E-state index in [2.05, 4.69) is 5.32 Å². The molecule has 21 heavy (non-hydrogen) atoms. The fraction of sp³-hybridized carbons (Fsp3) is 0.133. The standard InChI is InChI=1S/C15H15N3O3/c1-18-8-7-11(9-12(18)19)15(21)17-13(14(16)20)10-5-3-2-4-6-10/h2-9,13H,1H3,(H2,16,20)(H,17,21). The van der Waals surface area contributed by atoms with Gasteiger partial charge in [0.15, 0.2) is 0 Å². The highest BCUT2D eigenvalue weighted by Gasteiger charge is 2.20. The number of hydrogen-bond acceptors (Lipinski definition) is 3. The van der Waals surface area contributed by atoms with Crippen molar-refractivity contribution in [3.8, 4) is 0 Å². The van der Waals surface area contributed by atoms with E-state index in [-0.39, 0.29) is 11.1 Å². The molecule has 1 heterocycles. The summed E-state index contributed by atoms with van der Waals surface area (Å²) in [5.41, 5.74) is 5.79. The van der Waals surface area contributed by atoms with Gasteiger partial charge in [0, 0.05) is 24.9 Å². The fourth-order valence-electron chi connectivity index (χ4n) is 1.87. The lowest BCUT2D eigenvalue weighted by molar-refractivity contribution is -0.120. The zero-order chi connectivity index (χ0) is 15.4. The normalized spacial score (nSPS) is 11.7. The van der Waals surface area contributed by atoms with E-state index >= 15 is 0 Å². The van der Waals surface area contributed by atoms with Crippen LogP contribution in [0.25, 0.3) is 0 Å². The van der Waals surface area contributed by atoms with Gasteiger partial charge in [-0.05, 0) is 11.6 Å². The van der Waals surface area contributed by atoms with Crippen molar-refractivity contribution in [3.63, 3.8) is 0 Å². The lowest BCUT2D eigenvalue weighted by Crippen LogP contribution is -2.38. The third-order valence-corrected chi connectivity index (χ3v) is 3.06. The fourth-order valence-corrected chi connectivity index (χ4v) is 1.87. The number of primary amides is 1. The van der Waals surface area contributed by atoms with Gasteiger partial charge in [-0.25, -0.2) is 0 Å². The molecule has 3 N–H and O–H groups in total. The maximum absolute atomic E-state index is 12.1. The molecule has 0 radical (unpaired) electrons. The lowest BCUT2D eigenvalue weighted by Gasteiger charge is -2.15. The van der Waals surface area contributed by atoms with Gasteiger partial charge in [0.05, 0.1) is 0 Å². The molecule has 2 aromatic rings. The number of nitrogens with two attached hydrogens (primary N) is 1. The largest absolute Gasteiger partial charge is 0.368 e. The van der Waals surface area contributed by atoms with Gasteiger partial charge in [0.25, 0.3) is 11.5 Å². The zero-order valence-electron chi connectivity index (χ0n) is 11.4. The number of aromatic nitrogens is 1. The topological polar surface area (TPSA) is 94.2 Å². The summed E-state index contributed by atoms with van der Waals surface area (Å²) in [5, 5.41) is 2.53. The lowest BCUT2D eigenvalue weighted by atomic mass is 10.1. The molecule has 1 atom stereocenters. The Bertz CT molecular complexity index is 722. The zero-order valence-corrected chi connectivity index (χ0v) is 11.4. The van der Waals surface area contributed by atoms with Crippen LogP contribution in [0.15, 0.2) is 53.5 Å². The average molecular weight is 285 g/mol. The summed E-state index contributed by atoms with van der Waals surface area (Å²) in [6, 6.07) is 10.4. The smallest absolute Gasteiger partial charge is 0.252 e. The number of nitrogens with zero attached hydrogens (tertiary/aromatic N) is 1. The van der Waals surface area contributed by atoms with Crippen molar-refractivity contribution >= 4 is 11.8 Å². The first-order chi connectivity index (χ1) is 9.99. The van der Waals surface area contributed by atoms with Crippen LogP contribution in [-0.2, 0) is 11.8 Å². The van der Waals surface area contributed by atoms with Crippen molar-refractivity contribution in [2.45, 2.75) is 6.04 Å². The molecule has 6 heteroatoms. The number of aryl methyl sites for hydroxylation is 1. The van der Waals surface area contributed by atoms with E-state index < -0.39 is 17.9 Å². The van der Waals surface area contributed by atoms with Crippen LogP contribution in [0.5, 0.6) is 0 Å². The van der Waals surface area contributed by atoms with Gasteiger partial charge < -0.3 is 15.6 Å². The van der Waals surface area contributed by atoms with E-state index in [4.69, 9.17) is 5.73 Å². The van der Waals surface area contributed by atoms with Crippen LogP contribution >= 0.6 is 0 Å². The molecule has 0 aliphatic carbocycles. The van der Waals surface area contributed by atoms with E-state index in [0.717, 1.165) is 0 Å². The number of carbonyl (C=O) groups is 2. The van der Waals surface area contributed by atoms with E-state index in [1.165, 1.54) is 22.9 Å². The number of carbonyl (C=O) groups excluding carboxylic acids is 2. The van der Waals surface area contributed by atoms with Gasteiger partial charge in [-0.3, -0.25) is 14.4 Å². The van der Waals surface area contributed by atoms with Gasteiger partial charge in [-0.1, -0.05) is 30.3 Å². The van der Waals surface area contributed by atoms with Crippen molar-refractivity contribution in [1.29, 1.82) is 0 Å². The van der Waals surface area contributed by atoms with E-state index in [9.17, 15) is 14.4 Å². The molecule has 0 spiro atoms. The van der Waals surface area contributed by atoms with Crippen LogP contribution < -0.4 is 16.6 Å². The molecule has 0 fully saturated rings. The number of hydrogen-bond donors (Lipinski definition) is 2. The third kappa shape index (κ3) is 3.36. The molecule has 1 aromatic carbocycles. The van der Waals surface area contributed by atoms with Gasteiger partial charge in [-0.15, -0.1) is 0 Å². The summed E-state index contributed by atoms with van der Waals surface area (Å²) in [4.78, 5) is 35.2. The van der Waals surface area contributed by atoms with Gasteiger partial charge >= 0.3 is 0 Å². The highest BCUT2D eigenvalue weighted by atomic mass is 16.2. The molecule has 0 saturated heterocycles. The predicted molar refractivity (Wildman–Crippen MR) is 77.5 cm³/mol. The number of pyridine rings is 1. The van der Waals surface area contributed by atoms with Gasteiger partial charge in [0.2, 0.25) is 5.91 Å². The summed E-state index contributed by atoms with van der Waals surface area (Å²) in [7, 11) is 1.58. The maximum atomic E-state index is 12.1. The van der Waals surface area contributed by atoms with Crippen molar-refractivity contribution in [3.05, 3.63) is 70.1 Å². The molecule has 6 nitrogen and oxygen atoms in total. The quantitative estimate of drug-likeness (QED) is 0.848. The first-order valence-corrected chi connectivity index (χ1v) is 6.31. The molecule has 0 saturated carbocycles. The molecule has 0 aliphatic rings. The van der Waals surface area contributed by atoms with E-state index in [1.807, 2.05) is 0 Å². The molecule has 1 aromatic heterocycles.